The van der Waals surface area contributed by atoms with Crippen LogP contribution in [0.2, 0.25) is 5.02 Å². The van der Waals surface area contributed by atoms with Crippen LogP contribution in [0.3, 0.4) is 0 Å². The average molecular weight is 281 g/mol. The van der Waals surface area contributed by atoms with Crippen molar-refractivity contribution in [2.24, 2.45) is 0 Å². The number of benzene rings is 1. The van der Waals surface area contributed by atoms with Crippen LogP contribution in [-0.2, 0) is 0 Å². The molecule has 19 heavy (non-hydrogen) atoms. The fourth-order valence-corrected chi connectivity index (χ4v) is 3.25. The summed E-state index contributed by atoms with van der Waals surface area (Å²) in [5, 5.41) is 4.52. The highest BCUT2D eigenvalue weighted by Gasteiger charge is 2.26. The van der Waals surface area contributed by atoms with Crippen LogP contribution in [0.15, 0.2) is 18.2 Å². The molecule has 1 saturated heterocycles. The van der Waals surface area contributed by atoms with Crippen LogP contribution in [0.25, 0.3) is 0 Å². The van der Waals surface area contributed by atoms with E-state index >= 15 is 0 Å². The summed E-state index contributed by atoms with van der Waals surface area (Å²) in [4.78, 5) is 2.45. The Kier molecular flexibility index (Phi) is 5.12. The summed E-state index contributed by atoms with van der Waals surface area (Å²) in [6.45, 7) is 8.82. The van der Waals surface area contributed by atoms with Gasteiger partial charge in [-0.15, -0.1) is 0 Å². The molecular weight excluding hydrogens is 256 g/mol. The lowest BCUT2D eigenvalue weighted by Crippen LogP contribution is -2.47. The molecule has 0 aromatic heterocycles. The number of rotatable bonds is 4. The van der Waals surface area contributed by atoms with Crippen LogP contribution in [0.4, 0.5) is 5.69 Å². The average Bonchev–Trinajstić information content (AvgIpc) is 2.37. The van der Waals surface area contributed by atoms with Crippen LogP contribution in [-0.4, -0.2) is 25.2 Å². The van der Waals surface area contributed by atoms with E-state index in [9.17, 15) is 0 Å². The number of nitrogens with zero attached hydrogens (tertiary/aromatic N) is 1. The van der Waals surface area contributed by atoms with Gasteiger partial charge in [-0.1, -0.05) is 24.6 Å². The zero-order valence-corrected chi connectivity index (χ0v) is 13.0. The lowest BCUT2D eigenvalue weighted by Gasteiger charge is -2.40. The van der Waals surface area contributed by atoms with Gasteiger partial charge < -0.3 is 10.2 Å². The molecule has 1 aromatic carbocycles. The summed E-state index contributed by atoms with van der Waals surface area (Å²) >= 11 is 6.39. The summed E-state index contributed by atoms with van der Waals surface area (Å²) in [5.74, 6) is 0. The van der Waals surface area contributed by atoms with Gasteiger partial charge in [-0.05, 0) is 57.4 Å². The smallest absolute Gasteiger partial charge is 0.0642 e. The maximum atomic E-state index is 6.39. The molecular formula is C16H25ClN2. The number of nitrogens with one attached hydrogen (secondary N) is 1. The predicted octanol–water partition coefficient (Wildman–Crippen LogP) is 4.01. The third-order valence-corrected chi connectivity index (χ3v) is 4.27. The first-order valence-electron chi connectivity index (χ1n) is 7.38. The third kappa shape index (κ3) is 3.64. The number of anilines is 1. The van der Waals surface area contributed by atoms with Gasteiger partial charge in [-0.3, -0.25) is 0 Å². The number of aryl methyl sites for hydroxylation is 1. The standard InChI is InChI=1S/C16H25ClN2/c1-4-8-18-14-7-9-19(13(3)11-14)16-6-5-12(2)10-15(16)17/h5-6,10,13-14,18H,4,7-9,11H2,1-3H3. The van der Waals surface area contributed by atoms with Crippen LogP contribution in [0.1, 0.15) is 38.7 Å². The van der Waals surface area contributed by atoms with Crippen LogP contribution in [0.5, 0.6) is 0 Å². The van der Waals surface area contributed by atoms with Crippen LogP contribution < -0.4 is 10.2 Å². The van der Waals surface area contributed by atoms with E-state index in [4.69, 9.17) is 11.6 Å². The molecule has 2 nitrogen and oxygen atoms in total. The number of halogens is 1. The molecule has 0 amide bonds. The maximum absolute atomic E-state index is 6.39. The first kappa shape index (κ1) is 14.7. The van der Waals surface area contributed by atoms with E-state index in [1.54, 1.807) is 0 Å². The van der Waals surface area contributed by atoms with Gasteiger partial charge in [0.15, 0.2) is 0 Å². The quantitative estimate of drug-likeness (QED) is 0.897. The zero-order valence-electron chi connectivity index (χ0n) is 12.2. The molecule has 1 heterocycles. The van der Waals surface area contributed by atoms with Crippen molar-refractivity contribution in [1.29, 1.82) is 0 Å². The highest BCUT2D eigenvalue weighted by Crippen LogP contribution is 2.31. The summed E-state index contributed by atoms with van der Waals surface area (Å²) in [5.41, 5.74) is 2.41. The maximum Gasteiger partial charge on any atom is 0.0642 e. The summed E-state index contributed by atoms with van der Waals surface area (Å²) in [7, 11) is 0. The van der Waals surface area contributed by atoms with Crippen molar-refractivity contribution in [1.82, 2.24) is 5.32 Å². The minimum absolute atomic E-state index is 0.545. The molecule has 1 N–H and O–H groups in total. The lowest BCUT2D eigenvalue weighted by molar-refractivity contribution is 0.369. The largest absolute Gasteiger partial charge is 0.368 e. The molecule has 106 valence electrons. The molecule has 1 fully saturated rings. The number of piperidine rings is 1. The minimum atomic E-state index is 0.545. The fourth-order valence-electron chi connectivity index (χ4n) is 2.91. The van der Waals surface area contributed by atoms with E-state index in [0.717, 1.165) is 18.1 Å². The number of hydrogen-bond donors (Lipinski definition) is 1. The zero-order chi connectivity index (χ0) is 13.8. The second kappa shape index (κ2) is 6.62. The first-order chi connectivity index (χ1) is 9.11. The third-order valence-electron chi connectivity index (χ3n) is 3.97. The molecule has 2 atom stereocenters. The lowest BCUT2D eigenvalue weighted by atomic mass is 9.97. The van der Waals surface area contributed by atoms with Crippen molar-refractivity contribution >= 4 is 17.3 Å². The normalized spacial score (nSPS) is 23.7. The molecule has 1 aliphatic rings. The fraction of sp³-hybridized carbons (Fsp3) is 0.625. The monoisotopic (exact) mass is 280 g/mol. The SMILES string of the molecule is CCCNC1CCN(c2ccc(C)cc2Cl)C(C)C1. The Morgan fingerprint density at radius 3 is 2.84 bits per heavy atom. The Morgan fingerprint density at radius 1 is 1.42 bits per heavy atom. The van der Waals surface area contributed by atoms with E-state index in [-0.39, 0.29) is 0 Å². The molecule has 1 aliphatic heterocycles. The van der Waals surface area contributed by atoms with E-state index in [1.807, 2.05) is 0 Å². The van der Waals surface area contributed by atoms with Gasteiger partial charge in [-0.25, -0.2) is 0 Å². The highest BCUT2D eigenvalue weighted by molar-refractivity contribution is 6.33. The predicted molar refractivity (Wildman–Crippen MR) is 84.3 cm³/mol. The summed E-state index contributed by atoms with van der Waals surface area (Å²) < 4.78 is 0. The topological polar surface area (TPSA) is 15.3 Å². The van der Waals surface area contributed by atoms with Crippen molar-refractivity contribution < 1.29 is 0 Å². The van der Waals surface area contributed by atoms with Crippen molar-refractivity contribution in [3.8, 4) is 0 Å². The molecule has 1 aromatic rings. The van der Waals surface area contributed by atoms with Crippen LogP contribution in [0, 0.1) is 6.92 Å². The molecule has 0 spiro atoms. The van der Waals surface area contributed by atoms with Crippen molar-refractivity contribution in [2.75, 3.05) is 18.0 Å². The molecule has 0 saturated carbocycles. The summed E-state index contributed by atoms with van der Waals surface area (Å²) in [6.07, 6.45) is 3.61. The van der Waals surface area contributed by atoms with Gasteiger partial charge in [0.25, 0.3) is 0 Å². The van der Waals surface area contributed by atoms with Crippen molar-refractivity contribution in [2.45, 2.75) is 52.1 Å². The molecule has 2 rings (SSSR count). The van der Waals surface area contributed by atoms with Crippen molar-refractivity contribution in [3.63, 3.8) is 0 Å². The van der Waals surface area contributed by atoms with E-state index in [2.05, 4.69) is 49.2 Å². The van der Waals surface area contributed by atoms with Gasteiger partial charge in [0, 0.05) is 18.6 Å². The van der Waals surface area contributed by atoms with E-state index in [0.29, 0.717) is 12.1 Å². The first-order valence-corrected chi connectivity index (χ1v) is 7.75. The molecule has 0 radical (unpaired) electrons. The minimum Gasteiger partial charge on any atom is -0.368 e. The van der Waals surface area contributed by atoms with Gasteiger partial charge >= 0.3 is 0 Å². The Balaban J connectivity index is 2.03. The van der Waals surface area contributed by atoms with Gasteiger partial charge in [0.2, 0.25) is 0 Å². The molecule has 3 heteroatoms. The molecule has 0 aliphatic carbocycles. The van der Waals surface area contributed by atoms with Gasteiger partial charge in [-0.2, -0.15) is 0 Å². The van der Waals surface area contributed by atoms with Gasteiger partial charge in [0.1, 0.15) is 0 Å². The molecule has 2 unspecified atom stereocenters. The van der Waals surface area contributed by atoms with Crippen molar-refractivity contribution in [3.05, 3.63) is 28.8 Å². The number of hydrogen-bond acceptors (Lipinski definition) is 2. The van der Waals surface area contributed by atoms with E-state index in [1.165, 1.54) is 30.5 Å². The van der Waals surface area contributed by atoms with Gasteiger partial charge in [0.05, 0.1) is 10.7 Å². The second-order valence-electron chi connectivity index (χ2n) is 5.67. The molecule has 0 bridgehead atoms. The Labute approximate surface area is 122 Å². The highest BCUT2D eigenvalue weighted by atomic mass is 35.5. The Morgan fingerprint density at radius 2 is 2.21 bits per heavy atom. The van der Waals surface area contributed by atoms with E-state index < -0.39 is 0 Å². The Bertz CT molecular complexity index is 419. The summed E-state index contributed by atoms with van der Waals surface area (Å²) in [6, 6.07) is 7.58. The van der Waals surface area contributed by atoms with Crippen LogP contribution >= 0.6 is 11.6 Å². The Hall–Kier alpha value is -0.730. The second-order valence-corrected chi connectivity index (χ2v) is 6.08.